The SMILES string of the molecule is Cc1cc(C(=O)NCC2(c3ccc4c(c3)OCCO4)CCCC2)c(C)o1. The molecular weight excluding hydrogens is 330 g/mol. The molecule has 4 rings (SSSR count). The number of carbonyl (C=O) groups excluding carboxylic acids is 1. The molecule has 0 spiro atoms. The molecule has 1 fully saturated rings. The summed E-state index contributed by atoms with van der Waals surface area (Å²) >= 11 is 0. The first-order valence-corrected chi connectivity index (χ1v) is 9.33. The first-order chi connectivity index (χ1) is 12.6. The van der Waals surface area contributed by atoms with Crippen molar-refractivity contribution in [3.8, 4) is 11.5 Å². The summed E-state index contributed by atoms with van der Waals surface area (Å²) < 4.78 is 16.9. The first kappa shape index (κ1) is 17.0. The van der Waals surface area contributed by atoms with E-state index >= 15 is 0 Å². The molecule has 0 atom stereocenters. The van der Waals surface area contributed by atoms with E-state index in [0.717, 1.165) is 30.1 Å². The number of aryl methyl sites for hydroxylation is 2. The summed E-state index contributed by atoms with van der Waals surface area (Å²) in [4.78, 5) is 12.6. The van der Waals surface area contributed by atoms with Gasteiger partial charge in [0.2, 0.25) is 0 Å². The van der Waals surface area contributed by atoms with Crippen LogP contribution in [0.4, 0.5) is 0 Å². The Kier molecular flexibility index (Phi) is 4.39. The molecule has 1 N–H and O–H groups in total. The molecule has 1 amide bonds. The van der Waals surface area contributed by atoms with Crippen LogP contribution in [0.25, 0.3) is 0 Å². The van der Waals surface area contributed by atoms with Gasteiger partial charge in [-0.2, -0.15) is 0 Å². The van der Waals surface area contributed by atoms with Crippen molar-refractivity contribution in [1.82, 2.24) is 5.32 Å². The first-order valence-electron chi connectivity index (χ1n) is 9.33. The van der Waals surface area contributed by atoms with Gasteiger partial charge in [0.05, 0.1) is 5.56 Å². The summed E-state index contributed by atoms with van der Waals surface area (Å²) in [6.07, 6.45) is 4.48. The van der Waals surface area contributed by atoms with Crippen LogP contribution in [0.2, 0.25) is 0 Å². The summed E-state index contributed by atoms with van der Waals surface area (Å²) in [5.74, 6) is 2.98. The van der Waals surface area contributed by atoms with Gasteiger partial charge < -0.3 is 19.2 Å². The van der Waals surface area contributed by atoms with Crippen LogP contribution >= 0.6 is 0 Å². The van der Waals surface area contributed by atoms with Crippen LogP contribution in [0.15, 0.2) is 28.7 Å². The Labute approximate surface area is 153 Å². The van der Waals surface area contributed by atoms with Gasteiger partial charge in [0.15, 0.2) is 11.5 Å². The second-order valence-electron chi connectivity index (χ2n) is 7.36. The molecule has 2 aromatic rings. The Balaban J connectivity index is 1.55. The van der Waals surface area contributed by atoms with Gasteiger partial charge in [0.25, 0.3) is 5.91 Å². The average Bonchev–Trinajstić information content (AvgIpc) is 3.26. The molecule has 5 heteroatoms. The standard InChI is InChI=1S/C21H25NO4/c1-14-11-17(15(2)26-14)20(23)22-13-21(7-3-4-8-21)16-5-6-18-19(12-16)25-10-9-24-18/h5-6,11-12H,3-4,7-10,13H2,1-2H3,(H,22,23). The van der Waals surface area contributed by atoms with Crippen molar-refractivity contribution in [2.75, 3.05) is 19.8 Å². The highest BCUT2D eigenvalue weighted by Gasteiger charge is 2.37. The number of amides is 1. The third kappa shape index (κ3) is 3.06. The Morgan fingerprint density at radius 1 is 1.08 bits per heavy atom. The van der Waals surface area contributed by atoms with Crippen molar-refractivity contribution in [2.24, 2.45) is 0 Å². The van der Waals surface area contributed by atoms with Gasteiger partial charge in [-0.1, -0.05) is 18.9 Å². The second-order valence-corrected chi connectivity index (χ2v) is 7.36. The number of hydrogen-bond acceptors (Lipinski definition) is 4. The smallest absolute Gasteiger partial charge is 0.254 e. The van der Waals surface area contributed by atoms with Gasteiger partial charge in [-0.05, 0) is 50.5 Å². The fourth-order valence-corrected chi connectivity index (χ4v) is 4.19. The molecule has 5 nitrogen and oxygen atoms in total. The van der Waals surface area contributed by atoms with Gasteiger partial charge in [0.1, 0.15) is 24.7 Å². The van der Waals surface area contributed by atoms with Gasteiger partial charge in [-0.15, -0.1) is 0 Å². The van der Waals surface area contributed by atoms with Gasteiger partial charge >= 0.3 is 0 Å². The van der Waals surface area contributed by atoms with E-state index in [1.807, 2.05) is 19.9 Å². The van der Waals surface area contributed by atoms with Crippen LogP contribution in [0, 0.1) is 13.8 Å². The highest BCUT2D eigenvalue weighted by atomic mass is 16.6. The molecule has 1 aromatic heterocycles. The maximum absolute atomic E-state index is 12.6. The number of rotatable bonds is 4. The van der Waals surface area contributed by atoms with Crippen molar-refractivity contribution in [2.45, 2.75) is 44.9 Å². The van der Waals surface area contributed by atoms with Gasteiger partial charge in [-0.25, -0.2) is 0 Å². The third-order valence-electron chi connectivity index (χ3n) is 5.59. The van der Waals surface area contributed by atoms with Gasteiger partial charge in [-0.3, -0.25) is 4.79 Å². The normalized spacial score (nSPS) is 17.9. The monoisotopic (exact) mass is 355 g/mol. The van der Waals surface area contributed by atoms with E-state index < -0.39 is 0 Å². The Morgan fingerprint density at radius 3 is 2.50 bits per heavy atom. The van der Waals surface area contributed by atoms with Crippen molar-refractivity contribution < 1.29 is 18.7 Å². The minimum absolute atomic E-state index is 0.0435. The molecule has 1 aromatic carbocycles. The quantitative estimate of drug-likeness (QED) is 0.903. The summed E-state index contributed by atoms with van der Waals surface area (Å²) in [5, 5.41) is 3.14. The fraction of sp³-hybridized carbons (Fsp3) is 0.476. The summed E-state index contributed by atoms with van der Waals surface area (Å²) in [7, 11) is 0. The summed E-state index contributed by atoms with van der Waals surface area (Å²) in [6, 6.07) is 8.02. The molecule has 1 aliphatic heterocycles. The zero-order chi connectivity index (χ0) is 18.1. The molecule has 1 aliphatic carbocycles. The molecule has 0 radical (unpaired) electrons. The zero-order valence-electron chi connectivity index (χ0n) is 15.4. The maximum atomic E-state index is 12.6. The van der Waals surface area contributed by atoms with E-state index in [4.69, 9.17) is 13.9 Å². The molecule has 2 aliphatic rings. The Morgan fingerprint density at radius 2 is 1.81 bits per heavy atom. The largest absolute Gasteiger partial charge is 0.486 e. The van der Waals surface area contributed by atoms with Crippen LogP contribution in [0.3, 0.4) is 0 Å². The maximum Gasteiger partial charge on any atom is 0.254 e. The molecule has 138 valence electrons. The van der Waals surface area contributed by atoms with Crippen LogP contribution < -0.4 is 14.8 Å². The van der Waals surface area contributed by atoms with E-state index in [1.54, 1.807) is 6.07 Å². The lowest BCUT2D eigenvalue weighted by molar-refractivity contribution is 0.0941. The number of fused-ring (bicyclic) bond motifs is 1. The molecule has 0 saturated heterocycles. The number of hydrogen-bond donors (Lipinski definition) is 1. The molecule has 1 saturated carbocycles. The average molecular weight is 355 g/mol. The van der Waals surface area contributed by atoms with E-state index in [0.29, 0.717) is 31.1 Å². The van der Waals surface area contributed by atoms with Crippen molar-refractivity contribution in [3.05, 3.63) is 46.9 Å². The minimum Gasteiger partial charge on any atom is -0.486 e. The number of nitrogens with one attached hydrogen (secondary N) is 1. The van der Waals surface area contributed by atoms with Crippen molar-refractivity contribution in [3.63, 3.8) is 0 Å². The zero-order valence-corrected chi connectivity index (χ0v) is 15.4. The topological polar surface area (TPSA) is 60.7 Å². The predicted molar refractivity (Wildman–Crippen MR) is 98.1 cm³/mol. The molecule has 0 unspecified atom stereocenters. The highest BCUT2D eigenvalue weighted by Crippen LogP contribution is 2.43. The number of furan rings is 1. The molecule has 0 bridgehead atoms. The number of ether oxygens (including phenoxy) is 2. The second kappa shape index (κ2) is 6.71. The molecular formula is C21H25NO4. The van der Waals surface area contributed by atoms with E-state index in [9.17, 15) is 4.79 Å². The van der Waals surface area contributed by atoms with E-state index in [-0.39, 0.29) is 11.3 Å². The molecule has 26 heavy (non-hydrogen) atoms. The lowest BCUT2D eigenvalue weighted by Crippen LogP contribution is -2.39. The fourth-order valence-electron chi connectivity index (χ4n) is 4.19. The van der Waals surface area contributed by atoms with Crippen molar-refractivity contribution in [1.29, 1.82) is 0 Å². The lowest BCUT2D eigenvalue weighted by atomic mass is 9.78. The predicted octanol–water partition coefficient (Wildman–Crippen LogP) is 3.91. The Bertz CT molecular complexity index is 817. The minimum atomic E-state index is -0.0665. The summed E-state index contributed by atoms with van der Waals surface area (Å²) in [6.45, 7) is 5.48. The van der Waals surface area contributed by atoms with E-state index in [1.165, 1.54) is 18.4 Å². The highest BCUT2D eigenvalue weighted by molar-refractivity contribution is 5.95. The number of carbonyl (C=O) groups is 1. The van der Waals surface area contributed by atoms with E-state index in [2.05, 4.69) is 17.4 Å². The lowest BCUT2D eigenvalue weighted by Gasteiger charge is -2.31. The van der Waals surface area contributed by atoms with Crippen LogP contribution in [-0.2, 0) is 5.41 Å². The van der Waals surface area contributed by atoms with Crippen molar-refractivity contribution >= 4 is 5.91 Å². The molecule has 2 heterocycles. The number of benzene rings is 1. The Hall–Kier alpha value is -2.43. The van der Waals surface area contributed by atoms with Crippen LogP contribution in [-0.4, -0.2) is 25.7 Å². The third-order valence-corrected chi connectivity index (χ3v) is 5.59. The van der Waals surface area contributed by atoms with Crippen LogP contribution in [0.1, 0.15) is 53.1 Å². The van der Waals surface area contributed by atoms with Gasteiger partial charge in [0, 0.05) is 12.0 Å². The summed E-state index contributed by atoms with van der Waals surface area (Å²) in [5.41, 5.74) is 1.80. The van der Waals surface area contributed by atoms with Crippen LogP contribution in [0.5, 0.6) is 11.5 Å².